The average Bonchev–Trinajstić information content (AvgIpc) is 2.89. The van der Waals surface area contributed by atoms with Gasteiger partial charge < -0.3 is 9.84 Å². The summed E-state index contributed by atoms with van der Waals surface area (Å²) in [4.78, 5) is 3.99. The number of hydrogen-bond donors (Lipinski definition) is 1. The molecule has 1 unspecified atom stereocenters. The van der Waals surface area contributed by atoms with Gasteiger partial charge in [0, 0.05) is 19.0 Å². The molecule has 90 valence electrons. The number of benzene rings is 1. The molecule has 2 aromatic rings. The predicted molar refractivity (Wildman–Crippen MR) is 65.5 cm³/mol. The van der Waals surface area contributed by atoms with Gasteiger partial charge in [-0.15, -0.1) is 0 Å². The van der Waals surface area contributed by atoms with Crippen LogP contribution in [0.3, 0.4) is 0 Å². The Labute approximate surface area is 101 Å². The molecule has 4 heteroatoms. The molecule has 0 fully saturated rings. The first kappa shape index (κ1) is 11.8. The minimum absolute atomic E-state index is 0.392. The van der Waals surface area contributed by atoms with Crippen molar-refractivity contribution in [3.8, 4) is 0 Å². The van der Waals surface area contributed by atoms with Crippen LogP contribution in [0.25, 0.3) is 0 Å². The summed E-state index contributed by atoms with van der Waals surface area (Å²) in [5.74, 6) is 0.750. The van der Waals surface area contributed by atoms with E-state index in [2.05, 4.69) is 46.6 Å². The maximum atomic E-state index is 4.69. The molecule has 0 radical (unpaired) electrons. The Morgan fingerprint density at radius 1 is 1.29 bits per heavy atom. The van der Waals surface area contributed by atoms with E-state index in [0.29, 0.717) is 6.04 Å². The minimum Gasteiger partial charge on any atom is -0.343 e. The van der Waals surface area contributed by atoms with Crippen LogP contribution in [-0.4, -0.2) is 16.7 Å². The summed E-state index contributed by atoms with van der Waals surface area (Å²) < 4.78 is 4.69. The van der Waals surface area contributed by atoms with Gasteiger partial charge in [-0.2, -0.15) is 4.98 Å². The molecule has 1 aromatic heterocycles. The van der Waals surface area contributed by atoms with Crippen molar-refractivity contribution in [3.05, 3.63) is 48.1 Å². The molecule has 0 aliphatic heterocycles. The largest absolute Gasteiger partial charge is 0.343 e. The molecule has 0 amide bonds. The molecule has 0 aliphatic carbocycles. The van der Waals surface area contributed by atoms with Gasteiger partial charge in [0.1, 0.15) is 0 Å². The highest BCUT2D eigenvalue weighted by Crippen LogP contribution is 2.15. The van der Waals surface area contributed by atoms with Gasteiger partial charge in [-0.1, -0.05) is 42.4 Å². The molecule has 1 heterocycles. The Morgan fingerprint density at radius 2 is 2.12 bits per heavy atom. The zero-order chi connectivity index (χ0) is 11.9. The Bertz CT molecular complexity index is 413. The van der Waals surface area contributed by atoms with E-state index in [4.69, 9.17) is 4.52 Å². The van der Waals surface area contributed by atoms with E-state index in [1.807, 2.05) is 6.07 Å². The van der Waals surface area contributed by atoms with E-state index in [-0.39, 0.29) is 0 Å². The van der Waals surface area contributed by atoms with E-state index in [0.717, 1.165) is 25.2 Å². The lowest BCUT2D eigenvalue weighted by atomic mass is 10.0. The van der Waals surface area contributed by atoms with Gasteiger partial charge >= 0.3 is 0 Å². The van der Waals surface area contributed by atoms with Crippen LogP contribution in [0, 0.1) is 0 Å². The average molecular weight is 231 g/mol. The summed E-state index contributed by atoms with van der Waals surface area (Å²) in [7, 11) is 0. The van der Waals surface area contributed by atoms with Crippen molar-refractivity contribution in [2.45, 2.75) is 25.8 Å². The lowest BCUT2D eigenvalue weighted by Gasteiger charge is -2.16. The van der Waals surface area contributed by atoms with Gasteiger partial charge in [0.05, 0.1) is 0 Å². The molecule has 2 rings (SSSR count). The quantitative estimate of drug-likeness (QED) is 0.829. The minimum atomic E-state index is 0.392. The standard InChI is InChI=1S/C13H17N3O/c1-2-12(11-6-4-3-5-7-11)14-9-8-13-15-10-17-16-13/h3-7,10,12,14H,2,8-9H2,1H3. The zero-order valence-electron chi connectivity index (χ0n) is 9.97. The van der Waals surface area contributed by atoms with E-state index >= 15 is 0 Å². The van der Waals surface area contributed by atoms with Crippen LogP contribution in [0.1, 0.15) is 30.8 Å². The molecule has 0 saturated carbocycles. The summed E-state index contributed by atoms with van der Waals surface area (Å²) in [6.07, 6.45) is 3.22. The molecule has 4 nitrogen and oxygen atoms in total. The summed E-state index contributed by atoms with van der Waals surface area (Å²) in [5.41, 5.74) is 1.32. The van der Waals surface area contributed by atoms with Crippen LogP contribution in [0.2, 0.25) is 0 Å². The first-order valence-corrected chi connectivity index (χ1v) is 5.93. The lowest BCUT2D eigenvalue weighted by Crippen LogP contribution is -2.23. The van der Waals surface area contributed by atoms with Crippen LogP contribution in [-0.2, 0) is 6.42 Å². The van der Waals surface area contributed by atoms with Crippen LogP contribution in [0.4, 0.5) is 0 Å². The molecule has 0 spiro atoms. The first-order chi connectivity index (χ1) is 8.40. The molecule has 1 aromatic carbocycles. The molecule has 17 heavy (non-hydrogen) atoms. The van der Waals surface area contributed by atoms with Gasteiger partial charge in [-0.25, -0.2) is 0 Å². The summed E-state index contributed by atoms with van der Waals surface area (Å²) in [6.45, 7) is 3.03. The fourth-order valence-corrected chi connectivity index (χ4v) is 1.84. The normalized spacial score (nSPS) is 12.5. The topological polar surface area (TPSA) is 51.0 Å². The van der Waals surface area contributed by atoms with Gasteiger partial charge in [0.25, 0.3) is 0 Å². The highest BCUT2D eigenvalue weighted by molar-refractivity contribution is 5.18. The van der Waals surface area contributed by atoms with Crippen LogP contribution >= 0.6 is 0 Å². The second kappa shape index (κ2) is 6.15. The van der Waals surface area contributed by atoms with Crippen LogP contribution in [0.5, 0.6) is 0 Å². The summed E-state index contributed by atoms with van der Waals surface area (Å²) in [5, 5.41) is 7.29. The van der Waals surface area contributed by atoms with E-state index in [1.54, 1.807) is 0 Å². The van der Waals surface area contributed by atoms with Crippen molar-refractivity contribution in [2.75, 3.05) is 6.54 Å². The van der Waals surface area contributed by atoms with Crippen LogP contribution in [0.15, 0.2) is 41.2 Å². The number of nitrogens with zero attached hydrogens (tertiary/aromatic N) is 2. The Kier molecular flexibility index (Phi) is 4.27. The zero-order valence-corrected chi connectivity index (χ0v) is 9.97. The number of rotatable bonds is 6. The van der Waals surface area contributed by atoms with Gasteiger partial charge in [-0.05, 0) is 12.0 Å². The Balaban J connectivity index is 1.84. The third kappa shape index (κ3) is 3.39. The van der Waals surface area contributed by atoms with Crippen molar-refractivity contribution in [1.82, 2.24) is 15.5 Å². The van der Waals surface area contributed by atoms with Crippen molar-refractivity contribution in [2.24, 2.45) is 0 Å². The third-order valence-corrected chi connectivity index (χ3v) is 2.76. The SMILES string of the molecule is CCC(NCCc1ncon1)c1ccccc1. The Hall–Kier alpha value is -1.68. The van der Waals surface area contributed by atoms with Gasteiger partial charge in [-0.3, -0.25) is 0 Å². The summed E-state index contributed by atoms with van der Waals surface area (Å²) in [6, 6.07) is 10.9. The molecule has 0 aliphatic rings. The van der Waals surface area contributed by atoms with Gasteiger partial charge in [0.15, 0.2) is 5.82 Å². The second-order valence-electron chi connectivity index (χ2n) is 3.92. The van der Waals surface area contributed by atoms with E-state index in [9.17, 15) is 0 Å². The lowest BCUT2D eigenvalue weighted by molar-refractivity contribution is 0.408. The third-order valence-electron chi connectivity index (χ3n) is 2.76. The van der Waals surface area contributed by atoms with E-state index < -0.39 is 0 Å². The van der Waals surface area contributed by atoms with Crippen molar-refractivity contribution in [3.63, 3.8) is 0 Å². The Morgan fingerprint density at radius 3 is 2.76 bits per heavy atom. The highest BCUT2D eigenvalue weighted by Gasteiger charge is 2.08. The first-order valence-electron chi connectivity index (χ1n) is 5.93. The van der Waals surface area contributed by atoms with Crippen molar-refractivity contribution in [1.29, 1.82) is 0 Å². The molecule has 1 atom stereocenters. The maximum Gasteiger partial charge on any atom is 0.213 e. The van der Waals surface area contributed by atoms with Crippen molar-refractivity contribution < 1.29 is 4.52 Å². The molecule has 1 N–H and O–H groups in total. The number of hydrogen-bond acceptors (Lipinski definition) is 4. The van der Waals surface area contributed by atoms with Crippen LogP contribution < -0.4 is 5.32 Å². The van der Waals surface area contributed by atoms with E-state index in [1.165, 1.54) is 12.0 Å². The molecular formula is C13H17N3O. The monoisotopic (exact) mass is 231 g/mol. The molecule has 0 saturated heterocycles. The molecule has 0 bridgehead atoms. The number of aromatic nitrogens is 2. The fraction of sp³-hybridized carbons (Fsp3) is 0.385. The highest BCUT2D eigenvalue weighted by atomic mass is 16.5. The van der Waals surface area contributed by atoms with Crippen molar-refractivity contribution >= 4 is 0 Å². The summed E-state index contributed by atoms with van der Waals surface area (Å²) >= 11 is 0. The maximum absolute atomic E-state index is 4.69. The smallest absolute Gasteiger partial charge is 0.213 e. The predicted octanol–water partition coefficient (Wildman–Crippen LogP) is 2.35. The number of nitrogens with one attached hydrogen (secondary N) is 1. The molecular weight excluding hydrogens is 214 g/mol. The fourth-order valence-electron chi connectivity index (χ4n) is 1.84. The second-order valence-corrected chi connectivity index (χ2v) is 3.92. The van der Waals surface area contributed by atoms with Gasteiger partial charge in [0.2, 0.25) is 6.39 Å².